The molecule has 1 aliphatic heterocycles. The number of unbranched alkanes of at least 4 members (excludes halogenated alkanes) is 1. The maximum atomic E-state index is 13.4. The number of rotatable bonds is 11. The molecule has 0 atom stereocenters. The van der Waals surface area contributed by atoms with E-state index in [-0.39, 0.29) is 42.6 Å². The van der Waals surface area contributed by atoms with E-state index in [1.165, 1.54) is 36.4 Å². The molecule has 0 radical (unpaired) electrons. The number of nitrogens with two attached hydrogens (primary N) is 1. The van der Waals surface area contributed by atoms with Crippen LogP contribution in [0.3, 0.4) is 0 Å². The Bertz CT molecular complexity index is 1230. The van der Waals surface area contributed by atoms with E-state index >= 15 is 0 Å². The lowest BCUT2D eigenvalue weighted by Crippen LogP contribution is -2.43. The molecule has 0 saturated carbocycles. The minimum Gasteiger partial charge on any atom is -0.481 e. The Balaban J connectivity index is 1.72. The Kier molecular flexibility index (Phi) is 7.77. The molecule has 0 bridgehead atoms. The molecule has 0 aliphatic carbocycles. The van der Waals surface area contributed by atoms with Crippen LogP contribution in [0.2, 0.25) is 0 Å². The number of carbonyl (C=O) groups excluding carboxylic acids is 1. The van der Waals surface area contributed by atoms with Crippen LogP contribution in [0.25, 0.3) is 0 Å². The molecule has 0 saturated heterocycles. The fraction of sp³-hybridized carbons (Fsp3) is 0.478. The first-order valence-electron chi connectivity index (χ1n) is 11.2. The van der Waals surface area contributed by atoms with Crippen molar-refractivity contribution in [3.63, 3.8) is 0 Å². The van der Waals surface area contributed by atoms with Crippen LogP contribution in [0.4, 0.5) is 11.6 Å². The Morgan fingerprint density at radius 3 is 2.63 bits per heavy atom. The molecule has 2 aromatic rings. The highest BCUT2D eigenvalue weighted by atomic mass is 32.2. The number of anilines is 2. The van der Waals surface area contributed by atoms with Gasteiger partial charge in [-0.1, -0.05) is 12.1 Å². The fourth-order valence-corrected chi connectivity index (χ4v) is 5.71. The standard InChI is InChI=1S/C23H31N5O6S/c1-15-25-21(24)18-13-19(29)28(22(18)26-15)10-5-4-9-27(14-23(2,3)32)35(33,34)17-8-6-7-16(11-17)12-20(30)31/h6-8,11,32H,4-5,9-10,12-14H2,1-3H3,(H,30,31)(H2,24,25,26). The first-order valence-corrected chi connectivity index (χ1v) is 12.7. The summed E-state index contributed by atoms with van der Waals surface area (Å²) in [5.74, 6) is 0.0524. The molecule has 35 heavy (non-hydrogen) atoms. The lowest BCUT2D eigenvalue weighted by atomic mass is 10.1. The number of carboxylic acids is 1. The van der Waals surface area contributed by atoms with Crippen molar-refractivity contribution in [2.24, 2.45) is 0 Å². The summed E-state index contributed by atoms with van der Waals surface area (Å²) in [4.78, 5) is 33.5. The Morgan fingerprint density at radius 1 is 1.26 bits per heavy atom. The highest BCUT2D eigenvalue weighted by Crippen LogP contribution is 2.30. The summed E-state index contributed by atoms with van der Waals surface area (Å²) >= 11 is 0. The van der Waals surface area contributed by atoms with E-state index in [0.29, 0.717) is 42.2 Å². The molecule has 12 heteroatoms. The lowest BCUT2D eigenvalue weighted by Gasteiger charge is -2.29. The zero-order valence-electron chi connectivity index (χ0n) is 20.1. The van der Waals surface area contributed by atoms with E-state index in [1.807, 2.05) is 0 Å². The average molecular weight is 506 g/mol. The van der Waals surface area contributed by atoms with Crippen molar-refractivity contribution in [1.82, 2.24) is 14.3 Å². The molecule has 1 aliphatic rings. The maximum absolute atomic E-state index is 13.4. The van der Waals surface area contributed by atoms with Crippen LogP contribution in [0.1, 0.15) is 43.6 Å². The second kappa shape index (κ2) is 10.3. The fourth-order valence-electron chi connectivity index (χ4n) is 4.00. The van der Waals surface area contributed by atoms with Crippen molar-refractivity contribution < 1.29 is 28.2 Å². The topological polar surface area (TPSA) is 167 Å². The summed E-state index contributed by atoms with van der Waals surface area (Å²) in [6.45, 7) is 5.03. The smallest absolute Gasteiger partial charge is 0.307 e. The van der Waals surface area contributed by atoms with Crippen molar-refractivity contribution in [3.05, 3.63) is 41.2 Å². The number of nitrogen functional groups attached to an aromatic ring is 1. The second-order valence-electron chi connectivity index (χ2n) is 9.26. The first-order chi connectivity index (χ1) is 16.3. The Morgan fingerprint density at radius 2 is 1.97 bits per heavy atom. The van der Waals surface area contributed by atoms with E-state index in [9.17, 15) is 23.1 Å². The number of aliphatic hydroxyl groups is 1. The van der Waals surface area contributed by atoms with E-state index in [4.69, 9.17) is 10.8 Å². The molecule has 4 N–H and O–H groups in total. The van der Waals surface area contributed by atoms with Gasteiger partial charge in [0.05, 0.1) is 23.3 Å². The number of hydrogen-bond donors (Lipinski definition) is 3. The van der Waals surface area contributed by atoms with E-state index in [2.05, 4.69) is 9.97 Å². The predicted octanol–water partition coefficient (Wildman–Crippen LogP) is 1.13. The largest absolute Gasteiger partial charge is 0.481 e. The van der Waals surface area contributed by atoms with Gasteiger partial charge in [0.2, 0.25) is 15.9 Å². The van der Waals surface area contributed by atoms with Crippen LogP contribution in [-0.4, -0.2) is 70.0 Å². The van der Waals surface area contributed by atoms with Crippen molar-refractivity contribution in [2.45, 2.75) is 57.0 Å². The molecule has 0 fully saturated rings. The highest BCUT2D eigenvalue weighted by molar-refractivity contribution is 7.89. The van der Waals surface area contributed by atoms with Crippen LogP contribution >= 0.6 is 0 Å². The van der Waals surface area contributed by atoms with Crippen LogP contribution in [0.5, 0.6) is 0 Å². The number of nitrogens with zero attached hydrogens (tertiary/aromatic N) is 4. The Labute approximate surface area is 204 Å². The number of hydrogen-bond acceptors (Lipinski definition) is 8. The summed E-state index contributed by atoms with van der Waals surface area (Å²) < 4.78 is 27.9. The number of carboxylic acid groups (broad SMARTS) is 1. The van der Waals surface area contributed by atoms with Gasteiger partial charge in [-0.3, -0.25) is 14.5 Å². The summed E-state index contributed by atoms with van der Waals surface area (Å²) in [7, 11) is -4.00. The average Bonchev–Trinajstić information content (AvgIpc) is 3.04. The summed E-state index contributed by atoms with van der Waals surface area (Å²) in [6.07, 6.45) is 0.745. The Hall–Kier alpha value is -3.09. The molecule has 190 valence electrons. The number of fused-ring (bicyclic) bond motifs is 1. The van der Waals surface area contributed by atoms with Gasteiger partial charge in [-0.15, -0.1) is 0 Å². The third-order valence-electron chi connectivity index (χ3n) is 5.51. The molecule has 1 aromatic heterocycles. The summed E-state index contributed by atoms with van der Waals surface area (Å²) in [5, 5.41) is 19.4. The molecule has 3 rings (SSSR count). The summed E-state index contributed by atoms with van der Waals surface area (Å²) in [6, 6.07) is 5.80. The van der Waals surface area contributed by atoms with Gasteiger partial charge in [-0.05, 0) is 51.3 Å². The van der Waals surface area contributed by atoms with E-state index in [1.54, 1.807) is 17.9 Å². The van der Waals surface area contributed by atoms with Crippen molar-refractivity contribution in [1.29, 1.82) is 0 Å². The predicted molar refractivity (Wildman–Crippen MR) is 129 cm³/mol. The number of benzene rings is 1. The minimum absolute atomic E-state index is 0.0354. The number of aryl methyl sites for hydroxylation is 1. The number of aliphatic carboxylic acids is 1. The van der Waals surface area contributed by atoms with Crippen LogP contribution in [0, 0.1) is 6.92 Å². The maximum Gasteiger partial charge on any atom is 0.307 e. The molecular weight excluding hydrogens is 474 g/mol. The molecule has 0 spiro atoms. The molecule has 11 nitrogen and oxygen atoms in total. The van der Waals surface area contributed by atoms with Gasteiger partial charge in [0, 0.05) is 25.2 Å². The molecule has 0 unspecified atom stereocenters. The number of sulfonamides is 1. The van der Waals surface area contributed by atoms with Crippen LogP contribution in [-0.2, 0) is 32.5 Å². The third kappa shape index (κ3) is 6.53. The summed E-state index contributed by atoms with van der Waals surface area (Å²) in [5.41, 5.74) is 5.61. The third-order valence-corrected chi connectivity index (χ3v) is 7.35. The molecular formula is C23H31N5O6S. The van der Waals surface area contributed by atoms with Gasteiger partial charge < -0.3 is 15.9 Å². The number of amides is 1. The normalized spacial score (nSPS) is 14.0. The number of aromatic nitrogens is 2. The zero-order valence-corrected chi connectivity index (χ0v) is 20.9. The van der Waals surface area contributed by atoms with Gasteiger partial charge >= 0.3 is 5.97 Å². The van der Waals surface area contributed by atoms with E-state index in [0.717, 1.165) is 0 Å². The number of carbonyl (C=O) groups is 2. The van der Waals surface area contributed by atoms with Gasteiger partial charge in [-0.25, -0.2) is 18.4 Å². The quantitative estimate of drug-likeness (QED) is 0.379. The molecule has 1 aromatic carbocycles. The lowest BCUT2D eigenvalue weighted by molar-refractivity contribution is -0.136. The molecule has 2 heterocycles. The monoisotopic (exact) mass is 505 g/mol. The zero-order chi connectivity index (χ0) is 26.0. The second-order valence-corrected chi connectivity index (χ2v) is 11.2. The van der Waals surface area contributed by atoms with Gasteiger partial charge in [-0.2, -0.15) is 4.31 Å². The van der Waals surface area contributed by atoms with Gasteiger partial charge in [0.25, 0.3) is 0 Å². The van der Waals surface area contributed by atoms with Crippen molar-refractivity contribution in [3.8, 4) is 0 Å². The van der Waals surface area contributed by atoms with Crippen LogP contribution in [0.15, 0.2) is 29.2 Å². The van der Waals surface area contributed by atoms with E-state index < -0.39 is 21.6 Å². The van der Waals surface area contributed by atoms with Crippen LogP contribution < -0.4 is 10.6 Å². The van der Waals surface area contributed by atoms with Gasteiger partial charge in [0.15, 0.2) is 0 Å². The first kappa shape index (κ1) is 26.5. The highest BCUT2D eigenvalue weighted by Gasteiger charge is 2.32. The molecule has 1 amide bonds. The minimum atomic E-state index is -4.00. The van der Waals surface area contributed by atoms with Crippen molar-refractivity contribution in [2.75, 3.05) is 30.3 Å². The SMILES string of the molecule is Cc1nc(N)c2c(n1)N(CCCCN(CC(C)(C)O)S(=O)(=O)c1cccc(CC(=O)O)c1)C(=O)C2. The van der Waals surface area contributed by atoms with Crippen molar-refractivity contribution >= 4 is 33.5 Å². The van der Waals surface area contributed by atoms with Gasteiger partial charge in [0.1, 0.15) is 17.5 Å².